The average molecular weight is 272 g/mol. The van der Waals surface area contributed by atoms with Gasteiger partial charge < -0.3 is 5.73 Å². The molecule has 0 bridgehead atoms. The van der Waals surface area contributed by atoms with Gasteiger partial charge in [0.25, 0.3) is 0 Å². The lowest BCUT2D eigenvalue weighted by Gasteiger charge is -2.29. The Morgan fingerprint density at radius 1 is 1.30 bits per heavy atom. The van der Waals surface area contributed by atoms with E-state index in [9.17, 15) is 9.18 Å². The summed E-state index contributed by atoms with van der Waals surface area (Å²) in [5.41, 5.74) is 6.50. The molecule has 1 aromatic carbocycles. The zero-order valence-corrected chi connectivity index (χ0v) is 11.3. The Bertz CT molecular complexity index is 583. The van der Waals surface area contributed by atoms with E-state index in [0.717, 1.165) is 11.1 Å². The summed E-state index contributed by atoms with van der Waals surface area (Å²) in [5, 5.41) is 0. The molecule has 2 rings (SSSR count). The Morgan fingerprint density at radius 3 is 2.50 bits per heavy atom. The van der Waals surface area contributed by atoms with E-state index in [1.807, 2.05) is 13.0 Å². The number of pyridine rings is 1. The lowest BCUT2D eigenvalue weighted by Crippen LogP contribution is -2.42. The van der Waals surface area contributed by atoms with Crippen LogP contribution in [0.5, 0.6) is 0 Å². The molecule has 0 fully saturated rings. The average Bonchev–Trinajstić information content (AvgIpc) is 2.47. The molecule has 1 aromatic heterocycles. The Hall–Kier alpha value is -2.23. The molecule has 0 radical (unpaired) electrons. The van der Waals surface area contributed by atoms with Crippen LogP contribution in [0.3, 0.4) is 0 Å². The Morgan fingerprint density at radius 2 is 2.00 bits per heavy atom. The number of rotatable bonds is 5. The van der Waals surface area contributed by atoms with E-state index in [4.69, 9.17) is 5.73 Å². The first kappa shape index (κ1) is 14.2. The number of nitrogens with two attached hydrogens (primary N) is 1. The van der Waals surface area contributed by atoms with Crippen molar-refractivity contribution in [3.63, 3.8) is 0 Å². The second kappa shape index (κ2) is 5.82. The van der Waals surface area contributed by atoms with E-state index in [0.29, 0.717) is 12.8 Å². The van der Waals surface area contributed by atoms with Crippen LogP contribution >= 0.6 is 0 Å². The van der Waals surface area contributed by atoms with Crippen molar-refractivity contribution in [2.75, 3.05) is 0 Å². The van der Waals surface area contributed by atoms with E-state index >= 15 is 0 Å². The van der Waals surface area contributed by atoms with Gasteiger partial charge in [0.1, 0.15) is 5.82 Å². The van der Waals surface area contributed by atoms with Crippen LogP contribution in [0.1, 0.15) is 24.5 Å². The summed E-state index contributed by atoms with van der Waals surface area (Å²) in [6.45, 7) is 1.92. The fourth-order valence-corrected chi connectivity index (χ4v) is 2.43. The molecule has 104 valence electrons. The second-order valence-electron chi connectivity index (χ2n) is 4.84. The van der Waals surface area contributed by atoms with Crippen LogP contribution in [0.15, 0.2) is 48.8 Å². The monoisotopic (exact) mass is 272 g/mol. The molecule has 0 aliphatic heterocycles. The summed E-state index contributed by atoms with van der Waals surface area (Å²) in [6, 6.07) is 9.77. The van der Waals surface area contributed by atoms with Crippen molar-refractivity contribution in [3.8, 4) is 0 Å². The predicted octanol–water partition coefficient (Wildman–Crippen LogP) is 2.60. The zero-order chi connectivity index (χ0) is 14.6. The number of carbonyl (C=O) groups is 1. The summed E-state index contributed by atoms with van der Waals surface area (Å²) in [7, 11) is 0. The Kier molecular flexibility index (Phi) is 4.13. The first-order valence-electron chi connectivity index (χ1n) is 6.53. The van der Waals surface area contributed by atoms with Gasteiger partial charge in [-0.05, 0) is 42.2 Å². The number of hydrogen-bond acceptors (Lipinski definition) is 2. The van der Waals surface area contributed by atoms with Gasteiger partial charge in [0.05, 0.1) is 5.41 Å². The summed E-state index contributed by atoms with van der Waals surface area (Å²) < 4.78 is 13.0. The fraction of sp³-hybridized carbons (Fsp3) is 0.250. The molecule has 0 aliphatic carbocycles. The standard InChI is InChI=1S/C16H17FN2O/c1-2-16(15(18)20,13-4-3-9-19-11-13)10-12-5-7-14(17)8-6-12/h3-9,11H,2,10H2,1H3,(H2,18,20). The third-order valence-electron chi connectivity index (χ3n) is 3.71. The highest BCUT2D eigenvalue weighted by Gasteiger charge is 2.37. The highest BCUT2D eigenvalue weighted by Crippen LogP contribution is 2.31. The number of benzene rings is 1. The van der Waals surface area contributed by atoms with Crippen molar-refractivity contribution in [3.05, 3.63) is 65.7 Å². The van der Waals surface area contributed by atoms with E-state index < -0.39 is 11.3 Å². The third kappa shape index (κ3) is 2.69. The molecule has 4 heteroatoms. The van der Waals surface area contributed by atoms with Crippen LogP contribution in [-0.2, 0) is 16.6 Å². The topological polar surface area (TPSA) is 56.0 Å². The van der Waals surface area contributed by atoms with Crippen molar-refractivity contribution in [2.24, 2.45) is 5.73 Å². The number of primary amides is 1. The third-order valence-corrected chi connectivity index (χ3v) is 3.71. The fourth-order valence-electron chi connectivity index (χ4n) is 2.43. The minimum absolute atomic E-state index is 0.295. The van der Waals surface area contributed by atoms with Crippen molar-refractivity contribution >= 4 is 5.91 Å². The molecule has 1 unspecified atom stereocenters. The minimum Gasteiger partial charge on any atom is -0.369 e. The van der Waals surface area contributed by atoms with Crippen LogP contribution in [0, 0.1) is 5.82 Å². The number of nitrogens with zero attached hydrogens (tertiary/aromatic N) is 1. The Labute approximate surface area is 117 Å². The molecule has 0 saturated heterocycles. The quantitative estimate of drug-likeness (QED) is 0.909. The number of halogens is 1. The van der Waals surface area contributed by atoms with E-state index in [1.54, 1.807) is 30.6 Å². The number of carbonyl (C=O) groups excluding carboxylic acids is 1. The van der Waals surface area contributed by atoms with Crippen molar-refractivity contribution in [2.45, 2.75) is 25.2 Å². The second-order valence-corrected chi connectivity index (χ2v) is 4.84. The summed E-state index contributed by atoms with van der Waals surface area (Å²) >= 11 is 0. The molecule has 1 amide bonds. The van der Waals surface area contributed by atoms with Gasteiger partial charge in [-0.2, -0.15) is 0 Å². The van der Waals surface area contributed by atoms with Crippen molar-refractivity contribution < 1.29 is 9.18 Å². The normalized spacial score (nSPS) is 13.7. The molecule has 2 N–H and O–H groups in total. The SMILES string of the molecule is CCC(Cc1ccc(F)cc1)(C(N)=O)c1cccnc1. The smallest absolute Gasteiger partial charge is 0.228 e. The lowest BCUT2D eigenvalue weighted by molar-refractivity contribution is -0.123. The van der Waals surface area contributed by atoms with Crippen LogP contribution in [0.4, 0.5) is 4.39 Å². The van der Waals surface area contributed by atoms with Gasteiger partial charge in [0.15, 0.2) is 0 Å². The number of hydrogen-bond donors (Lipinski definition) is 1. The maximum atomic E-state index is 13.0. The van der Waals surface area contributed by atoms with E-state index in [2.05, 4.69) is 4.98 Å². The molecular formula is C16H17FN2O. The van der Waals surface area contributed by atoms with Crippen LogP contribution in [0.2, 0.25) is 0 Å². The molecule has 1 heterocycles. The maximum Gasteiger partial charge on any atom is 0.228 e. The summed E-state index contributed by atoms with van der Waals surface area (Å²) in [5.74, 6) is -0.686. The molecule has 0 spiro atoms. The summed E-state index contributed by atoms with van der Waals surface area (Å²) in [4.78, 5) is 16.1. The van der Waals surface area contributed by atoms with Crippen LogP contribution in [0.25, 0.3) is 0 Å². The van der Waals surface area contributed by atoms with Gasteiger partial charge in [-0.1, -0.05) is 25.1 Å². The van der Waals surface area contributed by atoms with Crippen LogP contribution < -0.4 is 5.73 Å². The molecule has 2 aromatic rings. The van der Waals surface area contributed by atoms with Crippen molar-refractivity contribution in [1.29, 1.82) is 0 Å². The number of aromatic nitrogens is 1. The first-order chi connectivity index (χ1) is 9.58. The van der Waals surface area contributed by atoms with Gasteiger partial charge in [0, 0.05) is 12.4 Å². The van der Waals surface area contributed by atoms with Gasteiger partial charge in [-0.3, -0.25) is 9.78 Å². The molecule has 20 heavy (non-hydrogen) atoms. The molecule has 0 saturated carbocycles. The highest BCUT2D eigenvalue weighted by molar-refractivity contribution is 5.87. The lowest BCUT2D eigenvalue weighted by atomic mass is 9.73. The molecule has 1 atom stereocenters. The predicted molar refractivity (Wildman–Crippen MR) is 75.5 cm³/mol. The van der Waals surface area contributed by atoms with Crippen LogP contribution in [-0.4, -0.2) is 10.9 Å². The summed E-state index contributed by atoms with van der Waals surface area (Å²) in [6.07, 6.45) is 4.32. The number of amides is 1. The zero-order valence-electron chi connectivity index (χ0n) is 11.3. The maximum absolute atomic E-state index is 13.0. The van der Waals surface area contributed by atoms with E-state index in [1.165, 1.54) is 12.1 Å². The largest absolute Gasteiger partial charge is 0.369 e. The molecule has 0 aliphatic rings. The molecule has 3 nitrogen and oxygen atoms in total. The van der Waals surface area contributed by atoms with Crippen molar-refractivity contribution in [1.82, 2.24) is 4.98 Å². The van der Waals surface area contributed by atoms with Gasteiger partial charge in [0.2, 0.25) is 5.91 Å². The first-order valence-corrected chi connectivity index (χ1v) is 6.53. The van der Waals surface area contributed by atoms with E-state index in [-0.39, 0.29) is 5.82 Å². The highest BCUT2D eigenvalue weighted by atomic mass is 19.1. The minimum atomic E-state index is -0.813. The van der Waals surface area contributed by atoms with Gasteiger partial charge in [-0.15, -0.1) is 0 Å². The Balaban J connectivity index is 2.42. The van der Waals surface area contributed by atoms with Gasteiger partial charge in [-0.25, -0.2) is 4.39 Å². The molecular weight excluding hydrogens is 255 g/mol. The van der Waals surface area contributed by atoms with Gasteiger partial charge >= 0.3 is 0 Å².